The minimum absolute atomic E-state index is 0.245. The van der Waals surface area contributed by atoms with Gasteiger partial charge < -0.3 is 9.84 Å². The fourth-order valence-corrected chi connectivity index (χ4v) is 0.476. The predicted octanol–water partition coefficient (Wildman–Crippen LogP) is 1.48. The molecule has 0 aromatic heterocycles. The summed E-state index contributed by atoms with van der Waals surface area (Å²) in [7, 11) is 0. The number of rotatable bonds is 6. The Balaban J connectivity index is 2.90. The van der Waals surface area contributed by atoms with Crippen molar-refractivity contribution >= 4 is 0 Å². The van der Waals surface area contributed by atoms with Crippen molar-refractivity contribution < 1.29 is 9.84 Å². The highest BCUT2D eigenvalue weighted by atomic mass is 16.5. The SMILES string of the molecule is C=CC=COCCCCO. The molecule has 0 aromatic rings. The Morgan fingerprint density at radius 2 is 2.20 bits per heavy atom. The maximum Gasteiger partial charge on any atom is 0.0874 e. The Kier molecular flexibility index (Phi) is 7.61. The van der Waals surface area contributed by atoms with Crippen LogP contribution >= 0.6 is 0 Å². The minimum Gasteiger partial charge on any atom is -0.501 e. The molecule has 2 nitrogen and oxygen atoms in total. The van der Waals surface area contributed by atoms with Gasteiger partial charge in [-0.3, -0.25) is 0 Å². The summed E-state index contributed by atoms with van der Waals surface area (Å²) in [6, 6.07) is 0. The Bertz CT molecular complexity index is 97.4. The molecule has 0 aliphatic heterocycles. The summed E-state index contributed by atoms with van der Waals surface area (Å²) in [6.45, 7) is 4.40. The van der Waals surface area contributed by atoms with E-state index in [2.05, 4.69) is 6.58 Å². The molecule has 10 heavy (non-hydrogen) atoms. The van der Waals surface area contributed by atoms with Crippen LogP contribution < -0.4 is 0 Å². The third-order valence-electron chi connectivity index (χ3n) is 0.981. The maximum atomic E-state index is 8.38. The average Bonchev–Trinajstić information content (AvgIpc) is 1.97. The smallest absolute Gasteiger partial charge is 0.0874 e. The molecule has 0 fully saturated rings. The molecule has 0 heterocycles. The Morgan fingerprint density at radius 3 is 2.80 bits per heavy atom. The zero-order valence-electron chi connectivity index (χ0n) is 6.12. The van der Waals surface area contributed by atoms with Gasteiger partial charge in [0, 0.05) is 6.61 Å². The van der Waals surface area contributed by atoms with Crippen LogP contribution in [0.4, 0.5) is 0 Å². The van der Waals surface area contributed by atoms with E-state index in [1.165, 1.54) is 0 Å². The van der Waals surface area contributed by atoms with Gasteiger partial charge in [-0.25, -0.2) is 0 Å². The molecule has 0 radical (unpaired) electrons. The number of hydrogen-bond acceptors (Lipinski definition) is 2. The molecule has 0 bridgehead atoms. The lowest BCUT2D eigenvalue weighted by Crippen LogP contribution is -1.89. The Hall–Kier alpha value is -0.760. The van der Waals surface area contributed by atoms with Crippen LogP contribution in [0, 0.1) is 0 Å². The van der Waals surface area contributed by atoms with Crippen LogP contribution in [-0.2, 0) is 4.74 Å². The maximum absolute atomic E-state index is 8.38. The van der Waals surface area contributed by atoms with Gasteiger partial charge in [-0.15, -0.1) is 0 Å². The van der Waals surface area contributed by atoms with Gasteiger partial charge in [0.15, 0.2) is 0 Å². The molecule has 0 amide bonds. The first kappa shape index (κ1) is 9.24. The first-order valence-electron chi connectivity index (χ1n) is 3.42. The largest absolute Gasteiger partial charge is 0.501 e. The first-order valence-corrected chi connectivity index (χ1v) is 3.42. The third-order valence-corrected chi connectivity index (χ3v) is 0.981. The van der Waals surface area contributed by atoms with Crippen LogP contribution in [0.15, 0.2) is 25.0 Å². The van der Waals surface area contributed by atoms with Crippen molar-refractivity contribution in [3.8, 4) is 0 Å². The lowest BCUT2D eigenvalue weighted by atomic mass is 10.3. The van der Waals surface area contributed by atoms with Crippen molar-refractivity contribution in [3.05, 3.63) is 25.0 Å². The van der Waals surface area contributed by atoms with Gasteiger partial charge in [0.25, 0.3) is 0 Å². The summed E-state index contributed by atoms with van der Waals surface area (Å²) >= 11 is 0. The van der Waals surface area contributed by atoms with Crippen LogP contribution in [0.25, 0.3) is 0 Å². The minimum atomic E-state index is 0.245. The third kappa shape index (κ3) is 7.24. The van der Waals surface area contributed by atoms with E-state index < -0.39 is 0 Å². The van der Waals surface area contributed by atoms with Gasteiger partial charge in [-0.1, -0.05) is 12.7 Å². The predicted molar refractivity (Wildman–Crippen MR) is 41.6 cm³/mol. The van der Waals surface area contributed by atoms with Crippen LogP contribution in [0.5, 0.6) is 0 Å². The zero-order valence-corrected chi connectivity index (χ0v) is 6.12. The number of aliphatic hydroxyl groups excluding tert-OH is 1. The van der Waals surface area contributed by atoms with Gasteiger partial charge in [0.2, 0.25) is 0 Å². The molecular formula is C8H14O2. The van der Waals surface area contributed by atoms with Crippen LogP contribution in [0.1, 0.15) is 12.8 Å². The normalized spacial score (nSPS) is 10.1. The second kappa shape index (κ2) is 8.24. The summed E-state index contributed by atoms with van der Waals surface area (Å²) < 4.78 is 5.01. The molecule has 0 saturated heterocycles. The lowest BCUT2D eigenvalue weighted by Gasteiger charge is -1.96. The quantitative estimate of drug-likeness (QED) is 0.346. The molecule has 0 spiro atoms. The molecule has 0 saturated carbocycles. The van der Waals surface area contributed by atoms with Gasteiger partial charge in [0.05, 0.1) is 12.9 Å². The van der Waals surface area contributed by atoms with E-state index in [9.17, 15) is 0 Å². The van der Waals surface area contributed by atoms with Crippen molar-refractivity contribution in [2.75, 3.05) is 13.2 Å². The summed E-state index contributed by atoms with van der Waals surface area (Å²) in [4.78, 5) is 0. The molecule has 58 valence electrons. The summed E-state index contributed by atoms with van der Waals surface area (Å²) in [5.41, 5.74) is 0. The van der Waals surface area contributed by atoms with Crippen molar-refractivity contribution in [2.45, 2.75) is 12.8 Å². The van der Waals surface area contributed by atoms with Gasteiger partial charge in [-0.05, 0) is 18.9 Å². The highest BCUT2D eigenvalue weighted by Crippen LogP contribution is 1.88. The molecular weight excluding hydrogens is 128 g/mol. The fourth-order valence-electron chi connectivity index (χ4n) is 0.476. The van der Waals surface area contributed by atoms with Crippen molar-refractivity contribution in [3.63, 3.8) is 0 Å². The second-order valence-corrected chi connectivity index (χ2v) is 1.87. The number of aliphatic hydroxyl groups is 1. The number of hydrogen-bond donors (Lipinski definition) is 1. The number of allylic oxidation sites excluding steroid dienone is 2. The van der Waals surface area contributed by atoms with Crippen molar-refractivity contribution in [1.82, 2.24) is 0 Å². The van der Waals surface area contributed by atoms with E-state index in [1.807, 2.05) is 0 Å². The fraction of sp³-hybridized carbons (Fsp3) is 0.500. The summed E-state index contributed by atoms with van der Waals surface area (Å²) in [5.74, 6) is 0. The first-order chi connectivity index (χ1) is 4.91. The average molecular weight is 142 g/mol. The lowest BCUT2D eigenvalue weighted by molar-refractivity contribution is 0.219. The molecule has 2 heteroatoms. The number of unbranched alkanes of at least 4 members (excludes halogenated alkanes) is 1. The monoisotopic (exact) mass is 142 g/mol. The van der Waals surface area contributed by atoms with Gasteiger partial charge in [-0.2, -0.15) is 0 Å². The summed E-state index contributed by atoms with van der Waals surface area (Å²) in [6.07, 6.45) is 6.70. The van der Waals surface area contributed by atoms with Gasteiger partial charge in [0.1, 0.15) is 0 Å². The molecule has 0 rings (SSSR count). The van der Waals surface area contributed by atoms with Crippen molar-refractivity contribution in [1.29, 1.82) is 0 Å². The van der Waals surface area contributed by atoms with E-state index in [-0.39, 0.29) is 6.61 Å². The van der Waals surface area contributed by atoms with E-state index in [4.69, 9.17) is 9.84 Å². The Morgan fingerprint density at radius 1 is 1.40 bits per heavy atom. The van der Waals surface area contributed by atoms with Crippen LogP contribution in [0.2, 0.25) is 0 Å². The molecule has 0 unspecified atom stereocenters. The molecule has 1 N–H and O–H groups in total. The number of ether oxygens (including phenoxy) is 1. The standard InChI is InChI=1S/C8H14O2/c1-2-3-7-10-8-5-4-6-9/h2-3,7,9H,1,4-6,8H2. The van der Waals surface area contributed by atoms with Crippen LogP contribution in [-0.4, -0.2) is 18.3 Å². The molecule has 0 aliphatic carbocycles. The van der Waals surface area contributed by atoms with E-state index in [0.717, 1.165) is 12.8 Å². The highest BCUT2D eigenvalue weighted by molar-refractivity contribution is 4.92. The molecule has 0 aliphatic rings. The highest BCUT2D eigenvalue weighted by Gasteiger charge is 1.82. The topological polar surface area (TPSA) is 29.5 Å². The van der Waals surface area contributed by atoms with Crippen molar-refractivity contribution in [2.24, 2.45) is 0 Å². The second-order valence-electron chi connectivity index (χ2n) is 1.87. The molecule has 0 aromatic carbocycles. The Labute approximate surface area is 61.8 Å². The van der Waals surface area contributed by atoms with Crippen LogP contribution in [0.3, 0.4) is 0 Å². The van der Waals surface area contributed by atoms with E-state index in [0.29, 0.717) is 6.61 Å². The van der Waals surface area contributed by atoms with E-state index >= 15 is 0 Å². The van der Waals surface area contributed by atoms with Gasteiger partial charge >= 0.3 is 0 Å². The zero-order chi connectivity index (χ0) is 7.66. The van der Waals surface area contributed by atoms with E-state index in [1.54, 1.807) is 18.4 Å². The summed E-state index contributed by atoms with van der Waals surface area (Å²) in [5, 5.41) is 8.38. The molecule has 0 atom stereocenters.